The van der Waals surface area contributed by atoms with E-state index in [2.05, 4.69) is 46.4 Å². The van der Waals surface area contributed by atoms with E-state index < -0.39 is 60.4 Å². The summed E-state index contributed by atoms with van der Waals surface area (Å²) in [5.41, 5.74) is -0.0571. The Morgan fingerprint density at radius 2 is 0.657 bits per heavy atom. The van der Waals surface area contributed by atoms with Gasteiger partial charge >= 0.3 is 0 Å². The third-order valence-corrected chi connectivity index (χ3v) is 22.0. The quantitative estimate of drug-likeness (QED) is 0.0275. The number of carbonyl (C=O) groups is 2. The summed E-state index contributed by atoms with van der Waals surface area (Å²) in [5.74, 6) is -0.453. The van der Waals surface area contributed by atoms with Crippen LogP contribution in [0.15, 0.2) is 36.7 Å². The van der Waals surface area contributed by atoms with Crippen molar-refractivity contribution in [3.8, 4) is 11.4 Å². The van der Waals surface area contributed by atoms with E-state index in [0.29, 0.717) is 153 Å². The predicted molar refractivity (Wildman–Crippen MR) is 400 cm³/mol. The first kappa shape index (κ1) is 86.7. The normalized spacial score (nSPS) is 23.8. The fourth-order valence-electron chi connectivity index (χ4n) is 15.4. The first-order chi connectivity index (χ1) is 52.6. The number of nitrogens with one attached hydrogen (secondary N) is 5. The number of ketones is 1. The van der Waals surface area contributed by atoms with Crippen LogP contribution in [0.3, 0.4) is 0 Å². The number of piperazine rings is 6. The average molecular weight is 1530 g/mol. The van der Waals surface area contributed by atoms with Crippen molar-refractivity contribution in [2.24, 2.45) is 16.7 Å². The zero-order valence-corrected chi connectivity index (χ0v) is 63.8. The van der Waals surface area contributed by atoms with E-state index in [4.69, 9.17) is 37.9 Å². The second kappa shape index (κ2) is 46.6. The third kappa shape index (κ3) is 28.4. The second-order valence-electron chi connectivity index (χ2n) is 30.7. The monoisotopic (exact) mass is 1530 g/mol. The predicted octanol–water partition coefficient (Wildman–Crippen LogP) is -5.45. The van der Waals surface area contributed by atoms with Gasteiger partial charge in [0.15, 0.2) is 5.78 Å². The number of likely N-dealkylation sites (tertiary alicyclic amines) is 2. The van der Waals surface area contributed by atoms with Gasteiger partial charge in [-0.15, -0.1) is 0 Å². The van der Waals surface area contributed by atoms with E-state index in [-0.39, 0.29) is 123 Å². The van der Waals surface area contributed by atoms with E-state index in [9.17, 15) is 50.4 Å². The Hall–Kier alpha value is -3.72. The smallest absolute Gasteiger partial charge is 0.254 e. The van der Waals surface area contributed by atoms with Gasteiger partial charge in [0.1, 0.15) is 37.4 Å². The molecule has 1 amide bonds. The molecule has 8 atom stereocenters. The fraction of sp³-hybridized carbons (Fsp3) is 0.838. The van der Waals surface area contributed by atoms with Crippen molar-refractivity contribution in [2.75, 3.05) is 302 Å². The SMILES string of the molecule is O=C(c1ccnc(-c2cc(C(=O)N3CCN(CC(O)COCC(COCC(O)N4CCNCC4)(COCC(O)N4CCNCC4)COCC(O)N4CCNCC4)CC3)ccn2)c1)C1CCN(CC(O)COCC(COCC(O)N2CCCCC2)(COCC(O)N2CCNCC2)COCC(O)N2CCNCC2)CC1. The molecule has 8 saturated heterocycles. The molecule has 10 rings (SSSR count). The Kier molecular flexibility index (Phi) is 37.4. The number of piperidine rings is 2. The van der Waals surface area contributed by atoms with Crippen molar-refractivity contribution < 1.29 is 88.3 Å². The number of aliphatic hydroxyl groups is 8. The highest BCUT2D eigenvalue weighted by molar-refractivity contribution is 5.99. The average Bonchev–Trinajstić information content (AvgIpc) is 0.816. The number of rotatable bonds is 46. The van der Waals surface area contributed by atoms with Gasteiger partial charge in [0.2, 0.25) is 0 Å². The summed E-state index contributed by atoms with van der Waals surface area (Å²) in [7, 11) is 0. The molecule has 8 fully saturated rings. The Bertz CT molecular complexity index is 2500. The molecule has 8 aliphatic rings. The molecular weight excluding hydrogens is 1400 g/mol. The van der Waals surface area contributed by atoms with E-state index in [1.54, 1.807) is 41.6 Å². The van der Waals surface area contributed by atoms with E-state index in [1.165, 1.54) is 0 Å². The van der Waals surface area contributed by atoms with E-state index in [1.807, 2.05) is 29.4 Å². The lowest BCUT2D eigenvalue weighted by molar-refractivity contribution is -0.155. The molecular formula is C74H130N16O18. The van der Waals surface area contributed by atoms with Crippen LogP contribution < -0.4 is 26.6 Å². The molecule has 34 nitrogen and oxygen atoms in total. The molecule has 0 saturated carbocycles. The molecule has 2 aromatic rings. The molecule has 0 spiro atoms. The number of hydrogen-bond donors (Lipinski definition) is 13. The topological polar surface area (TPSA) is 385 Å². The summed E-state index contributed by atoms with van der Waals surface area (Å²) < 4.78 is 50.4. The molecule has 614 valence electrons. The molecule has 8 aliphatic heterocycles. The van der Waals surface area contributed by atoms with Crippen molar-refractivity contribution in [3.05, 3.63) is 47.8 Å². The number of carbonyl (C=O) groups excluding carboxylic acids is 2. The van der Waals surface area contributed by atoms with Crippen LogP contribution in [-0.2, 0) is 37.9 Å². The minimum Gasteiger partial charge on any atom is -0.389 e. The van der Waals surface area contributed by atoms with Gasteiger partial charge in [-0.2, -0.15) is 0 Å². The van der Waals surface area contributed by atoms with Crippen LogP contribution in [0.4, 0.5) is 0 Å². The van der Waals surface area contributed by atoms with Crippen molar-refractivity contribution >= 4 is 11.7 Å². The standard InChI is InChI=1S/C74H130N16O18/c91-61(42-101-50-73(52-103-44-65(93)84-20-2-1-3-21-84,53-104-45-66(94)85-24-10-75-11-25-85)54-105-46-67(95)86-26-12-76-13-27-86)40-82-22-6-58(7-23-82)71(99)59-4-8-80-63(38-59)64-39-60(5-9-81-64)72(100)90-36-34-83(35-37-90)41-62(92)43-102-51-74(55-106-47-68(96)87-28-14-77-15-29-87,56-107-48-69(97)88-30-16-78-17-31-88)57-108-49-70(98)89-32-18-79-19-33-89/h4-5,8-9,38-39,58,61-62,65-70,75-79,91-98H,1-3,6-7,10-37,40-57H2. The number of aromatic nitrogens is 2. The number of aliphatic hydroxyl groups excluding tert-OH is 8. The van der Waals surface area contributed by atoms with Crippen LogP contribution in [0.1, 0.15) is 52.8 Å². The van der Waals surface area contributed by atoms with Crippen LogP contribution in [0.2, 0.25) is 0 Å². The molecule has 8 unspecified atom stereocenters. The molecule has 0 bridgehead atoms. The summed E-state index contributed by atoms with van der Waals surface area (Å²) in [4.78, 5) is 55.4. The molecule has 13 N–H and O–H groups in total. The van der Waals surface area contributed by atoms with E-state index in [0.717, 1.165) is 97.8 Å². The van der Waals surface area contributed by atoms with Crippen LogP contribution in [-0.4, -0.2) is 458 Å². The van der Waals surface area contributed by atoms with Crippen LogP contribution in [0.25, 0.3) is 11.4 Å². The van der Waals surface area contributed by atoms with Gasteiger partial charge in [-0.3, -0.25) is 53.9 Å². The summed E-state index contributed by atoms with van der Waals surface area (Å²) in [5, 5.41) is 106. The maximum atomic E-state index is 14.2. The summed E-state index contributed by atoms with van der Waals surface area (Å²) in [6.07, 6.45) is 0.777. The molecule has 10 heterocycles. The number of nitrogens with zero attached hydrogens (tertiary/aromatic N) is 11. The molecule has 34 heteroatoms. The van der Waals surface area contributed by atoms with Crippen molar-refractivity contribution in [2.45, 2.75) is 81.7 Å². The Morgan fingerprint density at radius 3 is 0.991 bits per heavy atom. The van der Waals surface area contributed by atoms with Crippen LogP contribution >= 0.6 is 0 Å². The molecule has 0 aromatic carbocycles. The van der Waals surface area contributed by atoms with Crippen LogP contribution in [0, 0.1) is 16.7 Å². The lowest BCUT2D eigenvalue weighted by Gasteiger charge is -2.37. The van der Waals surface area contributed by atoms with Crippen molar-refractivity contribution in [3.63, 3.8) is 0 Å². The fourth-order valence-corrected chi connectivity index (χ4v) is 15.4. The minimum absolute atomic E-state index is 0.0105. The highest BCUT2D eigenvalue weighted by Gasteiger charge is 2.39. The molecule has 0 aliphatic carbocycles. The highest BCUT2D eigenvalue weighted by atomic mass is 16.5. The number of Topliss-reactive ketones (excluding diaryl/α,β-unsaturated/α-hetero) is 1. The largest absolute Gasteiger partial charge is 0.389 e. The first-order valence-corrected chi connectivity index (χ1v) is 39.9. The van der Waals surface area contributed by atoms with E-state index >= 15 is 0 Å². The van der Waals surface area contributed by atoms with Gasteiger partial charge in [0, 0.05) is 213 Å². The van der Waals surface area contributed by atoms with Gasteiger partial charge in [-0.25, -0.2) is 0 Å². The Labute approximate surface area is 637 Å². The van der Waals surface area contributed by atoms with Gasteiger partial charge in [-0.05, 0) is 63.0 Å². The van der Waals surface area contributed by atoms with Gasteiger partial charge in [0.05, 0.1) is 140 Å². The van der Waals surface area contributed by atoms with Crippen molar-refractivity contribution in [1.29, 1.82) is 0 Å². The lowest BCUT2D eigenvalue weighted by Crippen LogP contribution is -2.52. The van der Waals surface area contributed by atoms with Gasteiger partial charge in [-0.1, -0.05) is 6.42 Å². The maximum Gasteiger partial charge on any atom is 0.254 e. The summed E-state index contributed by atoms with van der Waals surface area (Å²) in [6.45, 7) is 20.3. The minimum atomic E-state index is -0.960. The molecule has 108 heavy (non-hydrogen) atoms. The molecule has 0 radical (unpaired) electrons. The summed E-state index contributed by atoms with van der Waals surface area (Å²) in [6, 6.07) is 6.83. The number of amides is 1. The second-order valence-corrected chi connectivity index (χ2v) is 30.7. The maximum absolute atomic E-state index is 14.2. The zero-order valence-electron chi connectivity index (χ0n) is 63.8. The lowest BCUT2D eigenvalue weighted by atomic mass is 9.88. The Morgan fingerprint density at radius 1 is 0.370 bits per heavy atom. The number of hydrogen-bond acceptors (Lipinski definition) is 33. The Balaban J connectivity index is 0.680. The van der Waals surface area contributed by atoms with Crippen molar-refractivity contribution in [1.82, 2.24) is 80.7 Å². The third-order valence-electron chi connectivity index (χ3n) is 22.0. The van der Waals surface area contributed by atoms with Gasteiger partial charge in [0.25, 0.3) is 5.91 Å². The number of β-amino-alcohol motifs (C(OH)–C–C–N with tert-alkyl or cyclic N) is 2. The highest BCUT2D eigenvalue weighted by Crippen LogP contribution is 2.28. The van der Waals surface area contributed by atoms with Gasteiger partial charge < -0.3 is 115 Å². The zero-order chi connectivity index (χ0) is 75.8. The van der Waals surface area contributed by atoms with Crippen LogP contribution in [0.5, 0.6) is 0 Å². The first-order valence-electron chi connectivity index (χ1n) is 39.9. The number of ether oxygens (including phenoxy) is 8. The molecule has 2 aromatic heterocycles. The number of pyridine rings is 2. The summed E-state index contributed by atoms with van der Waals surface area (Å²) >= 11 is 0.